The number of benzene rings is 1. The van der Waals surface area contributed by atoms with Crippen LogP contribution in [0, 0.1) is 0 Å². The van der Waals surface area contributed by atoms with Crippen LogP contribution in [0.3, 0.4) is 0 Å². The summed E-state index contributed by atoms with van der Waals surface area (Å²) in [5.41, 5.74) is 10.9. The van der Waals surface area contributed by atoms with Crippen LogP contribution in [0.2, 0.25) is 0 Å². The van der Waals surface area contributed by atoms with Gasteiger partial charge >= 0.3 is 19.7 Å². The Balaban J connectivity index is 1.28. The number of aryl methyl sites for hydroxylation is 1. The minimum absolute atomic E-state index is 0.0183. The number of nitrogen functional groups attached to an aromatic ring is 2. The first-order valence-corrected chi connectivity index (χ1v) is 30.1. The molecule has 0 amide bonds. The molecule has 4 rings (SSSR count). The molecule has 1 aromatic carbocycles. The third kappa shape index (κ3) is 23.4. The van der Waals surface area contributed by atoms with E-state index in [1.165, 1.54) is 108 Å². The van der Waals surface area contributed by atoms with E-state index >= 15 is 0 Å². The van der Waals surface area contributed by atoms with Crippen LogP contribution in [-0.2, 0) is 39.3 Å². The van der Waals surface area contributed by atoms with Crippen LogP contribution in [0.5, 0.6) is 5.75 Å². The fraction of sp³-hybridized carbons (Fsp3) is 0.702. The second-order valence-corrected chi connectivity index (χ2v) is 22.1. The first-order valence-electron chi connectivity index (χ1n) is 28.5. The second kappa shape index (κ2) is 35.9. The zero-order chi connectivity index (χ0) is 54.2. The van der Waals surface area contributed by atoms with Gasteiger partial charge in [-0.25, -0.2) is 9.55 Å². The van der Waals surface area contributed by atoms with Crippen LogP contribution >= 0.6 is 7.75 Å². The number of unbranched alkanes of at least 4 members (excludes halogenated alkanes) is 22. The molecule has 1 unspecified atom stereocenters. The zero-order valence-electron chi connectivity index (χ0n) is 46.0. The molecule has 75 heavy (non-hydrogen) atoms. The minimum atomic E-state index is -4.52. The van der Waals surface area contributed by atoms with E-state index < -0.39 is 50.4 Å². The summed E-state index contributed by atoms with van der Waals surface area (Å²) < 4.78 is 45.6. The van der Waals surface area contributed by atoms with Crippen molar-refractivity contribution in [1.29, 1.82) is 0 Å². The lowest BCUT2D eigenvalue weighted by molar-refractivity contribution is -0.145. The number of para-hydroxylation sites is 1. The normalized spacial score (nSPS) is 19.0. The number of esters is 2. The highest BCUT2D eigenvalue weighted by molar-refractivity contribution is 7.52. The van der Waals surface area contributed by atoms with Crippen molar-refractivity contribution in [2.24, 2.45) is 0 Å². The Morgan fingerprint density at radius 1 is 0.787 bits per heavy atom. The van der Waals surface area contributed by atoms with Crippen LogP contribution in [0.25, 0.3) is 11.2 Å². The Kier molecular flexibility index (Phi) is 30.2. The van der Waals surface area contributed by atoms with Crippen molar-refractivity contribution in [3.8, 4) is 5.75 Å². The molecule has 3 heterocycles. The average molecular weight is 1070 g/mol. The molecule has 0 radical (unpaired) electrons. The van der Waals surface area contributed by atoms with Gasteiger partial charge in [-0.3, -0.25) is 18.7 Å². The SMILES string of the molecule is CCCCCCCC/C=C\CCCCCCCOC(=O)CCc1ccccc1OP(=O)(N[C@@H](C)C(=O)OCCCCCCC/C=C\CCCCCCCC)OC[C@H]1O[C@@H](n2cnc3c(N)nc(N)nc32)[C@@](C)(O)[C@H]1O. The van der Waals surface area contributed by atoms with Gasteiger partial charge in [-0.1, -0.05) is 159 Å². The molecule has 0 aliphatic carbocycles. The van der Waals surface area contributed by atoms with Gasteiger partial charge in [0.25, 0.3) is 0 Å². The molecule has 6 atom stereocenters. The van der Waals surface area contributed by atoms with Crippen LogP contribution < -0.4 is 21.1 Å². The number of aliphatic hydroxyl groups is 2. The number of carbonyl (C=O) groups excluding carboxylic acids is 2. The Morgan fingerprint density at radius 2 is 1.31 bits per heavy atom. The summed E-state index contributed by atoms with van der Waals surface area (Å²) in [4.78, 5) is 38.6. The summed E-state index contributed by atoms with van der Waals surface area (Å²) in [5.74, 6) is -0.991. The standard InChI is InChI=1S/C57H94N7O10P/c1-5-7-9-11-13-15-17-19-21-23-25-27-29-31-35-41-70-49(65)40-39-46-37-33-34-38-47(46)74-75(69,63-45(3)54(67)71-42-36-32-30-28-26-24-22-20-18-16-14-12-10-8-6-2)72-43-48-51(66)57(4,68)55(73-48)64-44-60-50-52(58)61-56(59)62-53(50)64/h19-22,33-34,37-38,44-45,48,51,55,66,68H,5-18,23-32,35-36,39-43H2,1-4H3,(H,63,69)(H4,58,59,61,62)/b21-19-,22-20-/t45-,48+,51-,55+,57-,75?/m0/s1. The predicted octanol–water partition coefficient (Wildman–Crippen LogP) is 12.5. The summed E-state index contributed by atoms with van der Waals surface area (Å²) in [6.07, 6.45) is 37.0. The van der Waals surface area contributed by atoms with Gasteiger partial charge in [0, 0.05) is 6.42 Å². The molecule has 0 bridgehead atoms. The molecule has 422 valence electrons. The van der Waals surface area contributed by atoms with Crippen molar-refractivity contribution in [2.75, 3.05) is 31.3 Å². The first kappa shape index (κ1) is 63.2. The maximum absolute atomic E-state index is 14.8. The lowest BCUT2D eigenvalue weighted by atomic mass is 9.96. The smallest absolute Gasteiger partial charge is 0.459 e. The molecular weight excluding hydrogens is 974 g/mol. The highest BCUT2D eigenvalue weighted by Gasteiger charge is 2.54. The van der Waals surface area contributed by atoms with Gasteiger partial charge in [0.2, 0.25) is 5.95 Å². The van der Waals surface area contributed by atoms with Crippen molar-refractivity contribution in [3.63, 3.8) is 0 Å². The third-order valence-electron chi connectivity index (χ3n) is 13.7. The Morgan fingerprint density at radius 3 is 1.88 bits per heavy atom. The molecular formula is C57H94N7O10P. The van der Waals surface area contributed by atoms with E-state index in [0.29, 0.717) is 18.6 Å². The van der Waals surface area contributed by atoms with Gasteiger partial charge in [0.05, 0.1) is 26.1 Å². The predicted molar refractivity (Wildman–Crippen MR) is 298 cm³/mol. The number of imidazole rings is 1. The second-order valence-electron chi connectivity index (χ2n) is 20.4. The van der Waals surface area contributed by atoms with Crippen molar-refractivity contribution in [3.05, 3.63) is 60.5 Å². The van der Waals surface area contributed by atoms with Crippen LogP contribution in [0.1, 0.15) is 213 Å². The molecule has 2 aromatic heterocycles. The summed E-state index contributed by atoms with van der Waals surface area (Å²) >= 11 is 0. The highest BCUT2D eigenvalue weighted by atomic mass is 31.2. The van der Waals surface area contributed by atoms with Gasteiger partial charge in [-0.05, 0) is 96.1 Å². The number of hydrogen-bond acceptors (Lipinski definition) is 15. The number of rotatable bonds is 42. The summed E-state index contributed by atoms with van der Waals surface area (Å²) in [6.45, 7) is 7.31. The maximum atomic E-state index is 14.8. The molecule has 17 nitrogen and oxygen atoms in total. The van der Waals surface area contributed by atoms with Gasteiger partial charge in [0.15, 0.2) is 17.7 Å². The number of fused-ring (bicyclic) bond motifs is 1. The molecule has 1 aliphatic heterocycles. The first-order chi connectivity index (χ1) is 36.3. The number of nitrogens with two attached hydrogens (primary N) is 2. The lowest BCUT2D eigenvalue weighted by Gasteiger charge is -2.27. The number of aromatic nitrogens is 4. The molecule has 1 saturated heterocycles. The Bertz CT molecular complexity index is 2190. The molecule has 18 heteroatoms. The zero-order valence-corrected chi connectivity index (χ0v) is 46.9. The largest absolute Gasteiger partial charge is 0.466 e. The van der Waals surface area contributed by atoms with Crippen molar-refractivity contribution < 1.29 is 47.6 Å². The molecule has 1 aliphatic rings. The van der Waals surface area contributed by atoms with Gasteiger partial charge in [0.1, 0.15) is 35.1 Å². The maximum Gasteiger partial charge on any atom is 0.459 e. The van der Waals surface area contributed by atoms with Gasteiger partial charge in [-0.15, -0.1) is 0 Å². The van der Waals surface area contributed by atoms with E-state index in [2.05, 4.69) is 58.2 Å². The van der Waals surface area contributed by atoms with Crippen molar-refractivity contribution in [2.45, 2.75) is 238 Å². The topological polar surface area (TPSA) is 245 Å². The van der Waals surface area contributed by atoms with E-state index in [-0.39, 0.29) is 54.1 Å². The van der Waals surface area contributed by atoms with Crippen molar-refractivity contribution >= 4 is 42.6 Å². The summed E-state index contributed by atoms with van der Waals surface area (Å²) in [6, 6.07) is 5.63. The van der Waals surface area contributed by atoms with E-state index in [0.717, 1.165) is 77.0 Å². The minimum Gasteiger partial charge on any atom is -0.466 e. The number of aliphatic hydroxyl groups excluding tert-OH is 1. The number of anilines is 2. The average Bonchev–Trinajstić information content (AvgIpc) is 3.90. The van der Waals surface area contributed by atoms with Crippen molar-refractivity contribution in [1.82, 2.24) is 24.6 Å². The summed E-state index contributed by atoms with van der Waals surface area (Å²) in [5, 5.41) is 25.7. The number of hydrogen-bond donors (Lipinski definition) is 5. The molecule has 0 saturated carbocycles. The van der Waals surface area contributed by atoms with E-state index in [1.54, 1.807) is 24.3 Å². The van der Waals surface area contributed by atoms with E-state index in [1.807, 2.05) is 0 Å². The molecule has 3 aromatic rings. The van der Waals surface area contributed by atoms with Gasteiger partial charge < -0.3 is 40.4 Å². The van der Waals surface area contributed by atoms with E-state index in [9.17, 15) is 24.4 Å². The fourth-order valence-corrected chi connectivity index (χ4v) is 10.7. The fourth-order valence-electron chi connectivity index (χ4n) is 9.12. The van der Waals surface area contributed by atoms with Crippen LogP contribution in [0.15, 0.2) is 54.9 Å². The van der Waals surface area contributed by atoms with Crippen LogP contribution in [-0.4, -0.2) is 85.3 Å². The molecule has 7 N–H and O–H groups in total. The third-order valence-corrected chi connectivity index (χ3v) is 15.3. The van der Waals surface area contributed by atoms with Gasteiger partial charge in [-0.2, -0.15) is 15.1 Å². The lowest BCUT2D eigenvalue weighted by Crippen LogP contribution is -2.44. The molecule has 1 fully saturated rings. The number of nitrogens with zero attached hydrogens (tertiary/aromatic N) is 4. The highest BCUT2D eigenvalue weighted by Crippen LogP contribution is 2.48. The summed E-state index contributed by atoms with van der Waals surface area (Å²) in [7, 11) is -4.52. The van der Waals surface area contributed by atoms with Crippen LogP contribution in [0.4, 0.5) is 11.8 Å². The Labute approximate surface area is 448 Å². The van der Waals surface area contributed by atoms with E-state index in [4.69, 9.17) is 34.7 Å². The quantitative estimate of drug-likeness (QED) is 0.0153. The molecule has 0 spiro atoms. The monoisotopic (exact) mass is 1070 g/mol. The Hall–Kier alpha value is -4.38. The number of ether oxygens (including phenoxy) is 3. The number of carbonyl (C=O) groups is 2. The number of allylic oxidation sites excluding steroid dienone is 4. The number of nitrogens with one attached hydrogen (secondary N) is 1.